The standard InChI is InChI=1S/C15H13F3N2O3/c1-22-13-7-6-10(8-19-13)14(21)20-11-4-2-3-5-12(11)23-9-15(16,17)18/h2-8H,9H2,1H3,(H,20,21). The zero-order valence-corrected chi connectivity index (χ0v) is 12.1. The predicted molar refractivity (Wildman–Crippen MR) is 76.7 cm³/mol. The van der Waals surface area contributed by atoms with Crippen LogP contribution in [0.1, 0.15) is 10.4 Å². The van der Waals surface area contributed by atoms with Crippen LogP contribution in [0.3, 0.4) is 0 Å². The minimum absolute atomic E-state index is 0.0698. The monoisotopic (exact) mass is 326 g/mol. The van der Waals surface area contributed by atoms with Crippen LogP contribution in [0.15, 0.2) is 42.6 Å². The number of anilines is 1. The third-order valence-corrected chi connectivity index (χ3v) is 2.73. The molecule has 8 heteroatoms. The maximum atomic E-state index is 12.2. The van der Waals surface area contributed by atoms with E-state index in [1.165, 1.54) is 43.6 Å². The molecule has 5 nitrogen and oxygen atoms in total. The highest BCUT2D eigenvalue weighted by Crippen LogP contribution is 2.26. The number of aromatic nitrogens is 1. The van der Waals surface area contributed by atoms with Gasteiger partial charge in [0.15, 0.2) is 6.61 Å². The number of amides is 1. The molecule has 0 fully saturated rings. The van der Waals surface area contributed by atoms with Crippen LogP contribution in [-0.4, -0.2) is 30.8 Å². The molecular formula is C15H13F3N2O3. The molecule has 1 N–H and O–H groups in total. The number of hydrogen-bond donors (Lipinski definition) is 1. The number of ether oxygens (including phenoxy) is 2. The number of nitrogens with one attached hydrogen (secondary N) is 1. The fraction of sp³-hybridized carbons (Fsp3) is 0.200. The van der Waals surface area contributed by atoms with Crippen molar-refractivity contribution in [3.63, 3.8) is 0 Å². The Hall–Kier alpha value is -2.77. The SMILES string of the molecule is COc1ccc(C(=O)Nc2ccccc2OCC(F)(F)F)cn1. The molecule has 23 heavy (non-hydrogen) atoms. The number of alkyl halides is 3. The first kappa shape index (κ1) is 16.6. The van der Waals surface area contributed by atoms with Gasteiger partial charge in [0.1, 0.15) is 5.75 Å². The number of benzene rings is 1. The fourth-order valence-electron chi connectivity index (χ4n) is 1.69. The minimum Gasteiger partial charge on any atom is -0.482 e. The van der Waals surface area contributed by atoms with Gasteiger partial charge in [-0.1, -0.05) is 12.1 Å². The van der Waals surface area contributed by atoms with E-state index in [0.29, 0.717) is 5.88 Å². The minimum atomic E-state index is -4.46. The Morgan fingerprint density at radius 1 is 1.22 bits per heavy atom. The summed E-state index contributed by atoms with van der Waals surface area (Å²) in [5.74, 6) is -0.252. The lowest BCUT2D eigenvalue weighted by Gasteiger charge is -2.13. The lowest BCUT2D eigenvalue weighted by molar-refractivity contribution is -0.153. The summed E-state index contributed by atoms with van der Waals surface area (Å²) in [5.41, 5.74) is 0.369. The molecule has 0 atom stereocenters. The molecule has 0 saturated carbocycles. The summed E-state index contributed by atoms with van der Waals surface area (Å²) < 4.78 is 46.3. The summed E-state index contributed by atoms with van der Waals surface area (Å²) in [7, 11) is 1.44. The number of pyridine rings is 1. The molecule has 1 amide bonds. The molecule has 0 aliphatic carbocycles. The lowest BCUT2D eigenvalue weighted by Crippen LogP contribution is -2.20. The van der Waals surface area contributed by atoms with E-state index in [9.17, 15) is 18.0 Å². The molecular weight excluding hydrogens is 313 g/mol. The van der Waals surface area contributed by atoms with Crippen LogP contribution in [0.4, 0.5) is 18.9 Å². The Morgan fingerprint density at radius 3 is 2.57 bits per heavy atom. The summed E-state index contributed by atoms with van der Waals surface area (Å²) in [6.45, 7) is -1.44. The Balaban J connectivity index is 2.11. The van der Waals surface area contributed by atoms with Crippen molar-refractivity contribution in [3.05, 3.63) is 48.2 Å². The Bertz CT molecular complexity index is 672. The van der Waals surface area contributed by atoms with Gasteiger partial charge < -0.3 is 14.8 Å². The van der Waals surface area contributed by atoms with Crippen molar-refractivity contribution in [1.29, 1.82) is 0 Å². The van der Waals surface area contributed by atoms with E-state index in [1.807, 2.05) is 0 Å². The number of carbonyl (C=O) groups is 1. The zero-order valence-electron chi connectivity index (χ0n) is 12.1. The number of hydrogen-bond acceptors (Lipinski definition) is 4. The third-order valence-electron chi connectivity index (χ3n) is 2.73. The largest absolute Gasteiger partial charge is 0.482 e. The quantitative estimate of drug-likeness (QED) is 0.916. The molecule has 2 aromatic rings. The van der Waals surface area contributed by atoms with E-state index in [0.717, 1.165) is 0 Å². The fourth-order valence-corrected chi connectivity index (χ4v) is 1.69. The van der Waals surface area contributed by atoms with Crippen molar-refractivity contribution in [1.82, 2.24) is 4.98 Å². The third kappa shape index (κ3) is 4.87. The molecule has 1 aromatic carbocycles. The van der Waals surface area contributed by atoms with Crippen LogP contribution in [0.2, 0.25) is 0 Å². The highest BCUT2D eigenvalue weighted by Gasteiger charge is 2.28. The zero-order chi connectivity index (χ0) is 16.9. The molecule has 1 aromatic heterocycles. The van der Waals surface area contributed by atoms with Gasteiger partial charge in [-0.15, -0.1) is 0 Å². The second kappa shape index (κ2) is 6.99. The molecule has 0 unspecified atom stereocenters. The lowest BCUT2D eigenvalue weighted by atomic mass is 10.2. The average Bonchev–Trinajstić information content (AvgIpc) is 2.53. The summed E-state index contributed by atoms with van der Waals surface area (Å²) in [5, 5.41) is 2.49. The van der Waals surface area contributed by atoms with Gasteiger partial charge in [0.2, 0.25) is 5.88 Å². The highest BCUT2D eigenvalue weighted by atomic mass is 19.4. The maximum Gasteiger partial charge on any atom is 0.422 e. The molecule has 0 bridgehead atoms. The second-order valence-electron chi connectivity index (χ2n) is 4.44. The van der Waals surface area contributed by atoms with Gasteiger partial charge in [0.05, 0.1) is 18.4 Å². The molecule has 0 saturated heterocycles. The Morgan fingerprint density at radius 2 is 1.96 bits per heavy atom. The number of methoxy groups -OCH3 is 1. The molecule has 0 aliphatic heterocycles. The Labute approximate surface area is 130 Å². The van der Waals surface area contributed by atoms with Crippen molar-refractivity contribution < 1.29 is 27.4 Å². The van der Waals surface area contributed by atoms with Crippen molar-refractivity contribution in [2.75, 3.05) is 19.0 Å². The summed E-state index contributed by atoms with van der Waals surface area (Å²) in [4.78, 5) is 16.0. The van der Waals surface area contributed by atoms with E-state index in [2.05, 4.69) is 10.3 Å². The van der Waals surface area contributed by atoms with Crippen LogP contribution in [0.5, 0.6) is 11.6 Å². The first-order valence-corrected chi connectivity index (χ1v) is 6.49. The van der Waals surface area contributed by atoms with Gasteiger partial charge in [-0.3, -0.25) is 4.79 Å². The number of para-hydroxylation sites is 2. The van der Waals surface area contributed by atoms with Crippen LogP contribution in [0.25, 0.3) is 0 Å². The van der Waals surface area contributed by atoms with Crippen LogP contribution < -0.4 is 14.8 Å². The van der Waals surface area contributed by atoms with E-state index >= 15 is 0 Å². The maximum absolute atomic E-state index is 12.2. The van der Waals surface area contributed by atoms with Gasteiger partial charge in [0, 0.05) is 12.3 Å². The number of rotatable bonds is 5. The highest BCUT2D eigenvalue weighted by molar-refractivity contribution is 6.04. The molecule has 0 spiro atoms. The normalized spacial score (nSPS) is 11.0. The van der Waals surface area contributed by atoms with Gasteiger partial charge in [-0.05, 0) is 18.2 Å². The number of halogens is 3. The van der Waals surface area contributed by atoms with Gasteiger partial charge in [0.25, 0.3) is 5.91 Å². The Kier molecular flexibility index (Phi) is 5.05. The van der Waals surface area contributed by atoms with Gasteiger partial charge in [-0.2, -0.15) is 13.2 Å². The summed E-state index contributed by atoms with van der Waals surface area (Å²) >= 11 is 0. The molecule has 1 heterocycles. The second-order valence-corrected chi connectivity index (χ2v) is 4.44. The van der Waals surface area contributed by atoms with E-state index in [4.69, 9.17) is 9.47 Å². The first-order chi connectivity index (χ1) is 10.9. The predicted octanol–water partition coefficient (Wildman–Crippen LogP) is 3.28. The smallest absolute Gasteiger partial charge is 0.422 e. The van der Waals surface area contributed by atoms with Gasteiger partial charge >= 0.3 is 6.18 Å². The number of nitrogens with zero attached hydrogens (tertiary/aromatic N) is 1. The van der Waals surface area contributed by atoms with Crippen molar-refractivity contribution >= 4 is 11.6 Å². The first-order valence-electron chi connectivity index (χ1n) is 6.49. The van der Waals surface area contributed by atoms with E-state index in [-0.39, 0.29) is 17.0 Å². The van der Waals surface area contributed by atoms with Gasteiger partial charge in [-0.25, -0.2) is 4.98 Å². The van der Waals surface area contributed by atoms with Crippen LogP contribution in [0, 0.1) is 0 Å². The van der Waals surface area contributed by atoms with E-state index < -0.39 is 18.7 Å². The van der Waals surface area contributed by atoms with E-state index in [1.54, 1.807) is 6.07 Å². The summed E-state index contributed by atoms with van der Waals surface area (Å²) in [6, 6.07) is 8.86. The molecule has 122 valence electrons. The van der Waals surface area contributed by atoms with Crippen molar-refractivity contribution in [3.8, 4) is 11.6 Å². The number of carbonyl (C=O) groups excluding carboxylic acids is 1. The van der Waals surface area contributed by atoms with Crippen LogP contribution in [-0.2, 0) is 0 Å². The van der Waals surface area contributed by atoms with Crippen LogP contribution >= 0.6 is 0 Å². The molecule has 0 radical (unpaired) electrons. The molecule has 0 aliphatic rings. The summed E-state index contributed by atoms with van der Waals surface area (Å²) in [6.07, 6.45) is -3.16. The van der Waals surface area contributed by atoms with Crippen molar-refractivity contribution in [2.24, 2.45) is 0 Å². The van der Waals surface area contributed by atoms with Crippen molar-refractivity contribution in [2.45, 2.75) is 6.18 Å². The average molecular weight is 326 g/mol. The molecule has 2 rings (SSSR count). The topological polar surface area (TPSA) is 60.5 Å².